The van der Waals surface area contributed by atoms with Crippen LogP contribution in [0, 0.1) is 6.92 Å². The van der Waals surface area contributed by atoms with Crippen LogP contribution in [0.5, 0.6) is 0 Å². The second kappa shape index (κ2) is 6.14. The average Bonchev–Trinajstić information content (AvgIpc) is 2.83. The fraction of sp³-hybridized carbons (Fsp3) is 0.417. The number of aromatic nitrogens is 3. The van der Waals surface area contributed by atoms with Crippen molar-refractivity contribution >= 4 is 11.6 Å². The third kappa shape index (κ3) is 3.19. The molecule has 102 valence electrons. The Hall–Kier alpha value is -2.15. The second-order valence-corrected chi connectivity index (χ2v) is 4.16. The van der Waals surface area contributed by atoms with Crippen LogP contribution >= 0.6 is 0 Å². The zero-order valence-corrected chi connectivity index (χ0v) is 11.1. The highest BCUT2D eigenvalue weighted by Gasteiger charge is 2.10. The van der Waals surface area contributed by atoms with Crippen molar-refractivity contribution in [2.75, 3.05) is 10.7 Å². The fourth-order valence-electron chi connectivity index (χ4n) is 1.82. The van der Waals surface area contributed by atoms with E-state index in [4.69, 9.17) is 10.3 Å². The van der Waals surface area contributed by atoms with E-state index < -0.39 is 0 Å². The molecule has 0 fully saturated rings. The van der Waals surface area contributed by atoms with E-state index in [1.54, 1.807) is 6.20 Å². The molecule has 2 aromatic rings. The number of anilines is 2. The Bertz CT molecular complexity index is 539. The highest BCUT2D eigenvalue weighted by Crippen LogP contribution is 2.21. The number of nitrogens with zero attached hydrogens (tertiary/aromatic N) is 3. The molecule has 4 N–H and O–H groups in total. The van der Waals surface area contributed by atoms with Crippen molar-refractivity contribution in [3.05, 3.63) is 29.7 Å². The van der Waals surface area contributed by atoms with Crippen molar-refractivity contribution in [1.82, 2.24) is 15.0 Å². The Morgan fingerprint density at radius 1 is 1.26 bits per heavy atom. The molecule has 0 atom stereocenters. The first-order valence-corrected chi connectivity index (χ1v) is 6.20. The lowest BCUT2D eigenvalue weighted by atomic mass is 10.1. The van der Waals surface area contributed by atoms with Crippen LogP contribution in [-0.4, -0.2) is 15.0 Å². The quantitative estimate of drug-likeness (QED) is 0.537. The smallest absolute Gasteiger partial charge is 0.213 e. The first-order valence-electron chi connectivity index (χ1n) is 6.20. The minimum absolute atomic E-state index is 0.478. The van der Waals surface area contributed by atoms with Crippen molar-refractivity contribution in [3.63, 3.8) is 0 Å². The average molecular weight is 262 g/mol. The van der Waals surface area contributed by atoms with Crippen LogP contribution in [0.15, 0.2) is 16.9 Å². The monoisotopic (exact) mass is 262 g/mol. The molecule has 7 nitrogen and oxygen atoms in total. The summed E-state index contributed by atoms with van der Waals surface area (Å²) in [7, 11) is 0. The number of hydrogen-bond donors (Lipinski definition) is 3. The van der Waals surface area contributed by atoms with E-state index in [1.807, 2.05) is 6.92 Å². The van der Waals surface area contributed by atoms with Crippen LogP contribution < -0.4 is 16.6 Å². The number of nitrogens with two attached hydrogens (primary N) is 1. The van der Waals surface area contributed by atoms with Crippen molar-refractivity contribution in [1.29, 1.82) is 0 Å². The van der Waals surface area contributed by atoms with E-state index in [0.717, 1.165) is 30.0 Å². The lowest BCUT2D eigenvalue weighted by molar-refractivity contribution is 0.478. The zero-order chi connectivity index (χ0) is 13.7. The van der Waals surface area contributed by atoms with Crippen LogP contribution in [0.2, 0.25) is 0 Å². The Morgan fingerprint density at radius 2 is 2.05 bits per heavy atom. The summed E-state index contributed by atoms with van der Waals surface area (Å²) in [5.74, 6) is 8.27. The molecule has 0 aromatic carbocycles. The summed E-state index contributed by atoms with van der Waals surface area (Å²) in [6, 6.07) is 0. The molecule has 0 saturated heterocycles. The molecule has 0 aliphatic heterocycles. The molecular weight excluding hydrogens is 244 g/mol. The van der Waals surface area contributed by atoms with Crippen molar-refractivity contribution in [2.24, 2.45) is 5.84 Å². The minimum atomic E-state index is 0.478. The molecule has 2 aromatic heterocycles. The molecule has 0 amide bonds. The fourth-order valence-corrected chi connectivity index (χ4v) is 1.82. The third-order valence-corrected chi connectivity index (χ3v) is 2.66. The number of nitrogen functional groups attached to an aromatic ring is 1. The number of hydrogen-bond acceptors (Lipinski definition) is 7. The highest BCUT2D eigenvalue weighted by atomic mass is 16.4. The van der Waals surface area contributed by atoms with Crippen LogP contribution in [0.3, 0.4) is 0 Å². The Kier molecular flexibility index (Phi) is 4.30. The maximum atomic E-state index is 5.46. The predicted octanol–water partition coefficient (Wildman–Crippen LogP) is 1.62. The molecular formula is C12H18N6O. The number of oxazole rings is 1. The predicted molar refractivity (Wildman–Crippen MR) is 72.4 cm³/mol. The maximum Gasteiger partial charge on any atom is 0.213 e. The highest BCUT2D eigenvalue weighted by molar-refractivity contribution is 5.56. The topological polar surface area (TPSA) is 102 Å². The molecule has 0 aliphatic carbocycles. The molecule has 19 heavy (non-hydrogen) atoms. The normalized spacial score (nSPS) is 10.5. The van der Waals surface area contributed by atoms with Gasteiger partial charge in [-0.05, 0) is 13.3 Å². The van der Waals surface area contributed by atoms with E-state index >= 15 is 0 Å². The van der Waals surface area contributed by atoms with Gasteiger partial charge >= 0.3 is 0 Å². The van der Waals surface area contributed by atoms with Crippen LogP contribution in [0.1, 0.15) is 30.6 Å². The lowest BCUT2D eigenvalue weighted by Gasteiger charge is -2.12. The van der Waals surface area contributed by atoms with Gasteiger partial charge in [-0.3, -0.25) is 0 Å². The number of aryl methyl sites for hydroxylation is 1. The molecule has 2 heterocycles. The summed E-state index contributed by atoms with van der Waals surface area (Å²) >= 11 is 0. The van der Waals surface area contributed by atoms with E-state index in [2.05, 4.69) is 32.6 Å². The first kappa shape index (κ1) is 13.3. The van der Waals surface area contributed by atoms with Crippen LogP contribution in [-0.2, 0) is 13.0 Å². The molecule has 0 radical (unpaired) electrons. The zero-order valence-electron chi connectivity index (χ0n) is 11.1. The van der Waals surface area contributed by atoms with Gasteiger partial charge in [0.25, 0.3) is 0 Å². The SMILES string of the molecule is CCCc1c(NN)ncnc1NCc1ncc(C)o1. The molecule has 0 bridgehead atoms. The molecule has 0 spiro atoms. The molecule has 0 unspecified atom stereocenters. The lowest BCUT2D eigenvalue weighted by Crippen LogP contribution is -2.14. The van der Waals surface area contributed by atoms with Gasteiger partial charge in [0.1, 0.15) is 23.7 Å². The van der Waals surface area contributed by atoms with Gasteiger partial charge in [-0.1, -0.05) is 13.3 Å². The Balaban J connectivity index is 2.14. The van der Waals surface area contributed by atoms with Gasteiger partial charge < -0.3 is 15.2 Å². The van der Waals surface area contributed by atoms with Crippen LogP contribution in [0.4, 0.5) is 11.6 Å². The Morgan fingerprint density at radius 3 is 2.68 bits per heavy atom. The van der Waals surface area contributed by atoms with E-state index in [-0.39, 0.29) is 0 Å². The molecule has 0 saturated carbocycles. The minimum Gasteiger partial charge on any atom is -0.444 e. The molecule has 2 rings (SSSR count). The summed E-state index contributed by atoms with van der Waals surface area (Å²) in [5, 5.41) is 3.20. The Labute approximate surface area is 111 Å². The van der Waals surface area contributed by atoms with Gasteiger partial charge in [-0.25, -0.2) is 20.8 Å². The second-order valence-electron chi connectivity index (χ2n) is 4.16. The van der Waals surface area contributed by atoms with Crippen molar-refractivity contribution in [3.8, 4) is 0 Å². The summed E-state index contributed by atoms with van der Waals surface area (Å²) in [6.07, 6.45) is 4.98. The maximum absolute atomic E-state index is 5.46. The van der Waals surface area contributed by atoms with E-state index in [9.17, 15) is 0 Å². The summed E-state index contributed by atoms with van der Waals surface area (Å²) in [6.45, 7) is 4.43. The van der Waals surface area contributed by atoms with Crippen LogP contribution in [0.25, 0.3) is 0 Å². The van der Waals surface area contributed by atoms with E-state index in [0.29, 0.717) is 18.3 Å². The van der Waals surface area contributed by atoms with Gasteiger partial charge in [0.2, 0.25) is 5.89 Å². The summed E-state index contributed by atoms with van der Waals surface area (Å²) < 4.78 is 5.40. The standard InChI is InChI=1S/C12H18N6O/c1-3-4-9-11(16-7-17-12(9)18-13)15-6-10-14-5-8(2)19-10/h5,7H,3-4,6,13H2,1-2H3,(H2,15,16,17,18). The third-order valence-electron chi connectivity index (χ3n) is 2.66. The summed E-state index contributed by atoms with van der Waals surface area (Å²) in [5.41, 5.74) is 3.56. The van der Waals surface area contributed by atoms with Crippen molar-refractivity contribution in [2.45, 2.75) is 33.2 Å². The van der Waals surface area contributed by atoms with E-state index in [1.165, 1.54) is 6.33 Å². The van der Waals surface area contributed by atoms with Gasteiger partial charge in [0, 0.05) is 5.56 Å². The summed E-state index contributed by atoms with van der Waals surface area (Å²) in [4.78, 5) is 12.5. The van der Waals surface area contributed by atoms with Gasteiger partial charge in [-0.2, -0.15) is 0 Å². The number of hydrazine groups is 1. The van der Waals surface area contributed by atoms with Gasteiger partial charge in [-0.15, -0.1) is 0 Å². The van der Waals surface area contributed by atoms with Gasteiger partial charge in [0.05, 0.1) is 12.7 Å². The number of nitrogens with one attached hydrogen (secondary N) is 2. The largest absolute Gasteiger partial charge is 0.444 e. The van der Waals surface area contributed by atoms with Crippen molar-refractivity contribution < 1.29 is 4.42 Å². The number of rotatable bonds is 6. The first-order chi connectivity index (χ1) is 9.24. The molecule has 7 heteroatoms. The van der Waals surface area contributed by atoms with Gasteiger partial charge in [0.15, 0.2) is 0 Å². The molecule has 0 aliphatic rings.